The maximum Gasteiger partial charge on any atom is 0.0551 e. The molecule has 0 aromatic rings. The van der Waals surface area contributed by atoms with Crippen molar-refractivity contribution >= 4 is 0 Å². The molecule has 2 heteroatoms. The van der Waals surface area contributed by atoms with E-state index in [4.69, 9.17) is 4.74 Å². The van der Waals surface area contributed by atoms with Gasteiger partial charge >= 0.3 is 0 Å². The monoisotopic (exact) mass is 227 g/mol. The van der Waals surface area contributed by atoms with E-state index in [2.05, 4.69) is 33.0 Å². The van der Waals surface area contributed by atoms with Crippen LogP contribution in [0.25, 0.3) is 0 Å². The third kappa shape index (κ3) is 4.06. The van der Waals surface area contributed by atoms with E-state index < -0.39 is 0 Å². The van der Waals surface area contributed by atoms with E-state index in [1.165, 1.54) is 25.7 Å². The predicted octanol–water partition coefficient (Wildman–Crippen LogP) is 3.22. The van der Waals surface area contributed by atoms with Crippen LogP contribution in [0.2, 0.25) is 0 Å². The van der Waals surface area contributed by atoms with Crippen molar-refractivity contribution in [2.24, 2.45) is 11.8 Å². The van der Waals surface area contributed by atoms with E-state index in [0.717, 1.165) is 25.0 Å². The average molecular weight is 227 g/mol. The highest BCUT2D eigenvalue weighted by atomic mass is 16.5. The van der Waals surface area contributed by atoms with Crippen LogP contribution < -0.4 is 5.32 Å². The van der Waals surface area contributed by atoms with E-state index in [1.807, 2.05) is 0 Å². The van der Waals surface area contributed by atoms with Crippen molar-refractivity contribution in [3.8, 4) is 0 Å². The van der Waals surface area contributed by atoms with Crippen LogP contribution >= 0.6 is 0 Å². The lowest BCUT2D eigenvalue weighted by Crippen LogP contribution is -2.38. The molecule has 1 heterocycles. The molecule has 0 saturated carbocycles. The molecule has 0 aromatic heterocycles. The molecule has 3 unspecified atom stereocenters. The number of rotatable bonds is 7. The second-order valence-corrected chi connectivity index (χ2v) is 5.22. The van der Waals surface area contributed by atoms with Crippen molar-refractivity contribution in [3.05, 3.63) is 0 Å². The lowest BCUT2D eigenvalue weighted by atomic mass is 9.86. The van der Waals surface area contributed by atoms with Crippen LogP contribution in [0.5, 0.6) is 0 Å². The molecule has 0 aliphatic carbocycles. The highest BCUT2D eigenvalue weighted by molar-refractivity contribution is 4.83. The Kier molecular flexibility index (Phi) is 6.37. The normalized spacial score (nSPS) is 27.6. The first kappa shape index (κ1) is 14.0. The predicted molar refractivity (Wildman–Crippen MR) is 69.7 cm³/mol. The molecule has 96 valence electrons. The van der Waals surface area contributed by atoms with Crippen molar-refractivity contribution in [1.82, 2.24) is 5.32 Å². The van der Waals surface area contributed by atoms with Crippen LogP contribution in [0.1, 0.15) is 53.4 Å². The van der Waals surface area contributed by atoms with Gasteiger partial charge in [-0.15, -0.1) is 0 Å². The Bertz CT molecular complexity index is 180. The molecule has 0 spiro atoms. The van der Waals surface area contributed by atoms with Gasteiger partial charge in [0.2, 0.25) is 0 Å². The first-order chi connectivity index (χ1) is 7.71. The van der Waals surface area contributed by atoms with Gasteiger partial charge in [-0.05, 0) is 32.2 Å². The summed E-state index contributed by atoms with van der Waals surface area (Å²) < 4.78 is 5.70. The van der Waals surface area contributed by atoms with Crippen molar-refractivity contribution in [1.29, 1.82) is 0 Å². The van der Waals surface area contributed by atoms with Gasteiger partial charge in [-0.2, -0.15) is 0 Å². The van der Waals surface area contributed by atoms with E-state index in [9.17, 15) is 0 Å². The third-order valence-corrected chi connectivity index (χ3v) is 4.01. The second kappa shape index (κ2) is 7.29. The zero-order valence-electron chi connectivity index (χ0n) is 11.5. The Morgan fingerprint density at radius 1 is 1.25 bits per heavy atom. The Labute approximate surface area is 101 Å². The van der Waals surface area contributed by atoms with Gasteiger partial charge in [0, 0.05) is 12.0 Å². The summed E-state index contributed by atoms with van der Waals surface area (Å²) in [7, 11) is 0. The highest BCUT2D eigenvalue weighted by Gasteiger charge is 2.30. The molecule has 1 saturated heterocycles. The Morgan fingerprint density at radius 3 is 2.38 bits per heavy atom. The minimum absolute atomic E-state index is 0.466. The van der Waals surface area contributed by atoms with E-state index in [-0.39, 0.29) is 0 Å². The SMILES string of the molecule is CCNC(CC(CC)CC)C1COC(C)C1. The first-order valence-corrected chi connectivity index (χ1v) is 7.06. The maximum atomic E-state index is 5.70. The smallest absolute Gasteiger partial charge is 0.0551 e. The number of hydrogen-bond acceptors (Lipinski definition) is 2. The summed E-state index contributed by atoms with van der Waals surface area (Å²) in [4.78, 5) is 0. The summed E-state index contributed by atoms with van der Waals surface area (Å²) in [5.74, 6) is 1.61. The molecule has 0 bridgehead atoms. The molecule has 1 fully saturated rings. The van der Waals surface area contributed by atoms with Crippen LogP contribution in [0.3, 0.4) is 0 Å². The lowest BCUT2D eigenvalue weighted by molar-refractivity contribution is 0.115. The van der Waals surface area contributed by atoms with Crippen LogP contribution in [0.4, 0.5) is 0 Å². The lowest BCUT2D eigenvalue weighted by Gasteiger charge is -2.27. The standard InChI is InChI=1S/C14H29NO/c1-5-12(6-2)9-14(15-7-3)13-8-11(4)16-10-13/h11-15H,5-10H2,1-4H3. The Hall–Kier alpha value is -0.0800. The molecule has 1 aliphatic rings. The summed E-state index contributed by atoms with van der Waals surface area (Å²) in [6.45, 7) is 11.1. The van der Waals surface area contributed by atoms with Crippen LogP contribution in [0, 0.1) is 11.8 Å². The second-order valence-electron chi connectivity index (χ2n) is 5.22. The molecule has 2 nitrogen and oxygen atoms in total. The fourth-order valence-corrected chi connectivity index (χ4v) is 2.82. The zero-order chi connectivity index (χ0) is 12.0. The fraction of sp³-hybridized carbons (Fsp3) is 1.00. The molecule has 0 amide bonds. The zero-order valence-corrected chi connectivity index (χ0v) is 11.5. The topological polar surface area (TPSA) is 21.3 Å². The summed E-state index contributed by atoms with van der Waals surface area (Å²) in [6, 6.07) is 0.667. The quantitative estimate of drug-likeness (QED) is 0.721. The van der Waals surface area contributed by atoms with E-state index in [0.29, 0.717) is 12.1 Å². The van der Waals surface area contributed by atoms with Gasteiger partial charge < -0.3 is 10.1 Å². The summed E-state index contributed by atoms with van der Waals surface area (Å²) >= 11 is 0. The molecule has 3 atom stereocenters. The summed E-state index contributed by atoms with van der Waals surface area (Å²) in [5.41, 5.74) is 0. The van der Waals surface area contributed by atoms with E-state index >= 15 is 0 Å². The minimum Gasteiger partial charge on any atom is -0.378 e. The van der Waals surface area contributed by atoms with Crippen molar-refractivity contribution in [3.63, 3.8) is 0 Å². The van der Waals surface area contributed by atoms with Gasteiger partial charge in [0.1, 0.15) is 0 Å². The number of nitrogens with one attached hydrogen (secondary N) is 1. The average Bonchev–Trinajstić information content (AvgIpc) is 2.71. The molecule has 0 aromatic carbocycles. The molecule has 0 radical (unpaired) electrons. The third-order valence-electron chi connectivity index (χ3n) is 4.01. The van der Waals surface area contributed by atoms with E-state index in [1.54, 1.807) is 0 Å². The van der Waals surface area contributed by atoms with Gasteiger partial charge in [0.15, 0.2) is 0 Å². The molecular formula is C14H29NO. The van der Waals surface area contributed by atoms with Gasteiger partial charge in [-0.1, -0.05) is 33.6 Å². The van der Waals surface area contributed by atoms with Crippen LogP contribution in [-0.2, 0) is 4.74 Å². The molecular weight excluding hydrogens is 198 g/mol. The fourth-order valence-electron chi connectivity index (χ4n) is 2.82. The molecule has 1 rings (SSSR count). The summed E-state index contributed by atoms with van der Waals surface area (Å²) in [5, 5.41) is 3.66. The largest absolute Gasteiger partial charge is 0.378 e. The summed E-state index contributed by atoms with van der Waals surface area (Å²) in [6.07, 6.45) is 5.63. The van der Waals surface area contributed by atoms with Crippen molar-refractivity contribution in [2.75, 3.05) is 13.2 Å². The van der Waals surface area contributed by atoms with Gasteiger partial charge in [0.05, 0.1) is 12.7 Å². The van der Waals surface area contributed by atoms with Crippen LogP contribution in [0.15, 0.2) is 0 Å². The molecule has 1 aliphatic heterocycles. The Morgan fingerprint density at radius 2 is 1.94 bits per heavy atom. The van der Waals surface area contributed by atoms with Gasteiger partial charge in [-0.25, -0.2) is 0 Å². The number of hydrogen-bond donors (Lipinski definition) is 1. The van der Waals surface area contributed by atoms with Crippen molar-refractivity contribution in [2.45, 2.75) is 65.5 Å². The highest BCUT2D eigenvalue weighted by Crippen LogP contribution is 2.27. The molecule has 1 N–H and O–H groups in total. The molecule has 16 heavy (non-hydrogen) atoms. The van der Waals surface area contributed by atoms with Crippen LogP contribution in [-0.4, -0.2) is 25.3 Å². The minimum atomic E-state index is 0.466. The van der Waals surface area contributed by atoms with Crippen molar-refractivity contribution < 1.29 is 4.74 Å². The van der Waals surface area contributed by atoms with Gasteiger partial charge in [-0.3, -0.25) is 0 Å². The Balaban J connectivity index is 2.46. The maximum absolute atomic E-state index is 5.70. The number of ether oxygens (including phenoxy) is 1. The van der Waals surface area contributed by atoms with Gasteiger partial charge in [0.25, 0.3) is 0 Å². The first-order valence-electron chi connectivity index (χ1n) is 7.06.